The molecule has 0 nitrogen and oxygen atoms in total. The van der Waals surface area contributed by atoms with Crippen molar-refractivity contribution in [1.82, 2.24) is 0 Å². The minimum atomic E-state index is 0. The molecule has 0 saturated heterocycles. The van der Waals surface area contributed by atoms with Crippen LogP contribution < -0.4 is 0 Å². The Morgan fingerprint density at radius 2 is 1.00 bits per heavy atom. The number of rotatable bonds is 0. The third-order valence-corrected chi connectivity index (χ3v) is 0. The Hall–Kier alpha value is 2.47. The summed E-state index contributed by atoms with van der Waals surface area (Å²) < 4.78 is 0. The summed E-state index contributed by atoms with van der Waals surface area (Å²) in [6.45, 7) is 0. The smallest absolute Gasteiger partial charge is 0 e. The fraction of sp³-hybridized carbons (Fsp3) is 0. The second-order valence-corrected chi connectivity index (χ2v) is 0. The second-order valence-electron chi connectivity index (χ2n) is 0. The molecule has 4 heteroatoms. The molecular formula is CuNiPdSn. The summed E-state index contributed by atoms with van der Waals surface area (Å²) in [6, 6.07) is 0. The molecular weight excluding hydrogens is 347 g/mol. The maximum atomic E-state index is 0. The first-order valence-corrected chi connectivity index (χ1v) is 0. The molecule has 5 radical (unpaired) electrons. The van der Waals surface area contributed by atoms with E-state index in [-0.39, 0.29) is 77.9 Å². The van der Waals surface area contributed by atoms with Crippen molar-refractivity contribution in [2.24, 2.45) is 0 Å². The molecule has 0 spiro atoms. The second kappa shape index (κ2) is 17.9. The van der Waals surface area contributed by atoms with Crippen molar-refractivity contribution in [3.8, 4) is 0 Å². The minimum Gasteiger partial charge on any atom is 0 e. The Morgan fingerprint density at radius 3 is 1.00 bits per heavy atom. The van der Waals surface area contributed by atoms with E-state index >= 15 is 0 Å². The van der Waals surface area contributed by atoms with Crippen LogP contribution in [0.25, 0.3) is 0 Å². The molecule has 0 N–H and O–H groups in total. The van der Waals surface area contributed by atoms with Crippen LogP contribution in [0.2, 0.25) is 0 Å². The Morgan fingerprint density at radius 1 is 1.00 bits per heavy atom. The van der Waals surface area contributed by atoms with Crippen molar-refractivity contribution >= 4 is 23.9 Å². The summed E-state index contributed by atoms with van der Waals surface area (Å²) in [7, 11) is 0. The number of hydrogen-bond acceptors (Lipinski definition) is 0. The molecule has 0 aromatic rings. The first kappa shape index (κ1) is 31.7. The molecule has 4 heavy (non-hydrogen) atoms. The van der Waals surface area contributed by atoms with Crippen LogP contribution in [-0.2, 0) is 54.0 Å². The van der Waals surface area contributed by atoms with Gasteiger partial charge in [-0.25, -0.2) is 0 Å². The predicted octanol–water partition coefficient (Wildman–Crippen LogP) is -0.388. The SMILES string of the molecule is [Cu].[Ni].[Pd].[Sn]. The molecule has 0 saturated carbocycles. The molecule has 0 aromatic carbocycles. The van der Waals surface area contributed by atoms with Crippen molar-refractivity contribution in [2.75, 3.05) is 0 Å². The molecule has 0 aliphatic carbocycles. The fourth-order valence-corrected chi connectivity index (χ4v) is 0. The molecule has 0 atom stereocenters. The maximum absolute atomic E-state index is 0. The van der Waals surface area contributed by atoms with Crippen LogP contribution in [-0.4, -0.2) is 23.9 Å². The van der Waals surface area contributed by atoms with Crippen LogP contribution in [0.15, 0.2) is 0 Å². The van der Waals surface area contributed by atoms with E-state index in [1.165, 1.54) is 0 Å². The van der Waals surface area contributed by atoms with Gasteiger partial charge in [0.1, 0.15) is 0 Å². The summed E-state index contributed by atoms with van der Waals surface area (Å²) in [4.78, 5) is 0. The summed E-state index contributed by atoms with van der Waals surface area (Å²) in [5.41, 5.74) is 0. The van der Waals surface area contributed by atoms with Crippen molar-refractivity contribution in [1.29, 1.82) is 0 Å². The van der Waals surface area contributed by atoms with Crippen LogP contribution in [0.5, 0.6) is 0 Å². The molecule has 0 rings (SSSR count). The third-order valence-electron chi connectivity index (χ3n) is 0. The third kappa shape index (κ3) is 8.82. The topological polar surface area (TPSA) is 0 Å². The van der Waals surface area contributed by atoms with Gasteiger partial charge in [-0.15, -0.1) is 0 Å². The number of hydrogen-bond donors (Lipinski definition) is 0. The monoisotopic (exact) mass is 347 g/mol. The summed E-state index contributed by atoms with van der Waals surface area (Å²) in [5.74, 6) is 0. The minimum absolute atomic E-state index is 0. The van der Waals surface area contributed by atoms with Crippen LogP contribution in [0.4, 0.5) is 0 Å². The normalized spacial score (nSPS) is 0. The van der Waals surface area contributed by atoms with Gasteiger partial charge in [-0.2, -0.15) is 0 Å². The molecule has 0 fully saturated rings. The van der Waals surface area contributed by atoms with E-state index in [2.05, 4.69) is 0 Å². The van der Waals surface area contributed by atoms with Gasteiger partial charge >= 0.3 is 0 Å². The largest absolute Gasteiger partial charge is 0 e. The van der Waals surface area contributed by atoms with E-state index < -0.39 is 0 Å². The Balaban J connectivity index is 0. The van der Waals surface area contributed by atoms with Gasteiger partial charge in [0.05, 0.1) is 0 Å². The molecule has 0 bridgehead atoms. The van der Waals surface area contributed by atoms with Crippen LogP contribution in [0.1, 0.15) is 0 Å². The zero-order valence-electron chi connectivity index (χ0n) is 1.43. The molecule has 0 unspecified atom stereocenters. The average molecular weight is 347 g/mol. The molecule has 35 valence electrons. The molecule has 0 aliphatic rings. The summed E-state index contributed by atoms with van der Waals surface area (Å²) in [5, 5.41) is 0. The van der Waals surface area contributed by atoms with Crippen molar-refractivity contribution < 1.29 is 54.0 Å². The summed E-state index contributed by atoms with van der Waals surface area (Å²) >= 11 is 0. The van der Waals surface area contributed by atoms with E-state index in [4.69, 9.17) is 0 Å². The molecule has 0 heterocycles. The van der Waals surface area contributed by atoms with E-state index in [0.717, 1.165) is 0 Å². The van der Waals surface area contributed by atoms with Crippen molar-refractivity contribution in [3.63, 3.8) is 0 Å². The maximum Gasteiger partial charge on any atom is 0 e. The van der Waals surface area contributed by atoms with Gasteiger partial charge < -0.3 is 0 Å². The molecule has 0 aliphatic heterocycles. The predicted molar refractivity (Wildman–Crippen MR) is 5.75 cm³/mol. The van der Waals surface area contributed by atoms with Crippen LogP contribution >= 0.6 is 0 Å². The Bertz CT molecular complexity index is 8.00. The van der Waals surface area contributed by atoms with E-state index in [1.54, 1.807) is 0 Å². The van der Waals surface area contributed by atoms with Gasteiger partial charge in [0, 0.05) is 77.9 Å². The standard InChI is InChI=1S/Cu.Ni.Pd.Sn. The molecule has 0 aromatic heterocycles. The molecule has 0 amide bonds. The van der Waals surface area contributed by atoms with E-state index in [9.17, 15) is 0 Å². The van der Waals surface area contributed by atoms with Gasteiger partial charge in [0.2, 0.25) is 0 Å². The van der Waals surface area contributed by atoms with Gasteiger partial charge in [-0.05, 0) is 0 Å². The zero-order chi connectivity index (χ0) is 0. The Labute approximate surface area is 76.9 Å². The van der Waals surface area contributed by atoms with Crippen molar-refractivity contribution in [2.45, 2.75) is 0 Å². The van der Waals surface area contributed by atoms with Crippen molar-refractivity contribution in [3.05, 3.63) is 0 Å². The van der Waals surface area contributed by atoms with Gasteiger partial charge in [0.25, 0.3) is 0 Å². The van der Waals surface area contributed by atoms with Crippen LogP contribution in [0.3, 0.4) is 0 Å². The Kier molecular flexibility index (Phi) is 142. The quantitative estimate of drug-likeness (QED) is 0.524. The van der Waals surface area contributed by atoms with Gasteiger partial charge in [-0.3, -0.25) is 0 Å². The van der Waals surface area contributed by atoms with Gasteiger partial charge in [0.15, 0.2) is 0 Å². The van der Waals surface area contributed by atoms with Gasteiger partial charge in [-0.1, -0.05) is 0 Å². The zero-order valence-corrected chi connectivity index (χ0v) is 7.77. The van der Waals surface area contributed by atoms with E-state index in [1.807, 2.05) is 0 Å². The fourth-order valence-electron chi connectivity index (χ4n) is 0. The van der Waals surface area contributed by atoms with Crippen LogP contribution in [0, 0.1) is 0 Å². The summed E-state index contributed by atoms with van der Waals surface area (Å²) in [6.07, 6.45) is 0. The van der Waals surface area contributed by atoms with E-state index in [0.29, 0.717) is 0 Å². The first-order valence-electron chi connectivity index (χ1n) is 0. The average Bonchev–Trinajstić information content (AvgIpc) is 0. The first-order chi connectivity index (χ1) is 0.